The molecule has 170 valence electrons. The Balaban J connectivity index is 1.95. The van der Waals surface area contributed by atoms with Crippen molar-refractivity contribution in [2.75, 3.05) is 13.2 Å². The van der Waals surface area contributed by atoms with Gasteiger partial charge in [-0.15, -0.1) is 0 Å². The van der Waals surface area contributed by atoms with Crippen LogP contribution in [0.4, 0.5) is 4.79 Å². The van der Waals surface area contributed by atoms with Gasteiger partial charge in [-0.1, -0.05) is 36.7 Å². The molecule has 0 radical (unpaired) electrons. The maximum absolute atomic E-state index is 12.9. The molecule has 0 spiro atoms. The van der Waals surface area contributed by atoms with Gasteiger partial charge in [0.05, 0.1) is 6.61 Å². The van der Waals surface area contributed by atoms with E-state index in [-0.39, 0.29) is 17.0 Å². The molecule has 0 bridgehead atoms. The molecule has 0 saturated carbocycles. The predicted octanol–water partition coefficient (Wildman–Crippen LogP) is 7.37. The maximum Gasteiger partial charge on any atom is 0.410 e. The van der Waals surface area contributed by atoms with Crippen LogP contribution in [0.2, 0.25) is 0 Å². The first-order chi connectivity index (χ1) is 13.7. The second kappa shape index (κ2) is 9.50. The fraction of sp³-hybridized carbons (Fsp3) is 0.720. The molecule has 1 saturated heterocycles. The number of likely N-dealkylation sites (tertiary alicyclic amines) is 1. The van der Waals surface area contributed by atoms with Crippen LogP contribution in [0, 0.1) is 18.3 Å². The molecule has 1 aromatic rings. The Labute approximate surface area is 191 Å². The van der Waals surface area contributed by atoms with Gasteiger partial charge in [0.2, 0.25) is 0 Å². The van der Waals surface area contributed by atoms with Crippen molar-refractivity contribution >= 4 is 22.0 Å². The standard InChI is InChI=1S/C25H40BrNO3/c1-18-16-20(11-12-21(18)26)29-15-9-10-19-13-14-27(22(28)30-24(5,6)7)25(8,17-19)23(2,3)4/h11-12,16,19H,9-10,13-15,17H2,1-8H3/t19-,25-/m1/s1. The van der Waals surface area contributed by atoms with E-state index in [9.17, 15) is 4.79 Å². The molecule has 0 N–H and O–H groups in total. The zero-order valence-corrected chi connectivity index (χ0v) is 21.7. The Morgan fingerprint density at radius 1 is 1.23 bits per heavy atom. The largest absolute Gasteiger partial charge is 0.494 e. The summed E-state index contributed by atoms with van der Waals surface area (Å²) in [7, 11) is 0. The average molecular weight is 483 g/mol. The van der Waals surface area contributed by atoms with Crippen molar-refractivity contribution in [2.24, 2.45) is 11.3 Å². The Hall–Kier alpha value is -1.23. The minimum Gasteiger partial charge on any atom is -0.494 e. The number of rotatable bonds is 5. The van der Waals surface area contributed by atoms with Gasteiger partial charge < -0.3 is 14.4 Å². The molecule has 0 aromatic heterocycles. The van der Waals surface area contributed by atoms with Crippen molar-refractivity contribution in [3.05, 3.63) is 28.2 Å². The van der Waals surface area contributed by atoms with Gasteiger partial charge in [-0.2, -0.15) is 0 Å². The van der Waals surface area contributed by atoms with Crippen molar-refractivity contribution in [3.8, 4) is 5.75 Å². The van der Waals surface area contributed by atoms with Crippen LogP contribution in [0.1, 0.15) is 79.7 Å². The fourth-order valence-electron chi connectivity index (χ4n) is 4.17. The number of benzene rings is 1. The van der Waals surface area contributed by atoms with Crippen molar-refractivity contribution in [1.29, 1.82) is 0 Å². The van der Waals surface area contributed by atoms with Crippen molar-refractivity contribution in [3.63, 3.8) is 0 Å². The Morgan fingerprint density at radius 3 is 2.47 bits per heavy atom. The fourth-order valence-corrected chi connectivity index (χ4v) is 4.42. The average Bonchev–Trinajstić information content (AvgIpc) is 2.59. The van der Waals surface area contributed by atoms with E-state index in [2.05, 4.69) is 56.6 Å². The summed E-state index contributed by atoms with van der Waals surface area (Å²) in [4.78, 5) is 14.9. The molecule has 1 amide bonds. The Bertz CT molecular complexity index is 735. The smallest absolute Gasteiger partial charge is 0.410 e. The van der Waals surface area contributed by atoms with E-state index in [4.69, 9.17) is 9.47 Å². The van der Waals surface area contributed by atoms with Crippen LogP contribution in [-0.4, -0.2) is 35.3 Å². The molecule has 1 aliphatic heterocycles. The van der Waals surface area contributed by atoms with Gasteiger partial charge in [0.25, 0.3) is 0 Å². The summed E-state index contributed by atoms with van der Waals surface area (Å²) in [6, 6.07) is 6.11. The van der Waals surface area contributed by atoms with Gasteiger partial charge in [0, 0.05) is 16.6 Å². The molecule has 30 heavy (non-hydrogen) atoms. The number of halogens is 1. The number of amides is 1. The molecule has 1 fully saturated rings. The molecular formula is C25H40BrNO3. The zero-order chi connectivity index (χ0) is 22.7. The van der Waals surface area contributed by atoms with Crippen molar-refractivity contribution in [1.82, 2.24) is 4.90 Å². The monoisotopic (exact) mass is 481 g/mol. The van der Waals surface area contributed by atoms with Crippen LogP contribution < -0.4 is 4.74 Å². The first kappa shape index (κ1) is 25.0. The van der Waals surface area contributed by atoms with Crippen LogP contribution >= 0.6 is 15.9 Å². The van der Waals surface area contributed by atoms with Gasteiger partial charge in [0.1, 0.15) is 11.4 Å². The first-order valence-corrected chi connectivity index (χ1v) is 11.9. The quantitative estimate of drug-likeness (QED) is 0.412. The minimum atomic E-state index is -0.477. The molecule has 2 atom stereocenters. The summed E-state index contributed by atoms with van der Waals surface area (Å²) >= 11 is 3.53. The third-order valence-electron chi connectivity index (χ3n) is 6.43. The topological polar surface area (TPSA) is 38.8 Å². The number of aryl methyl sites for hydroxylation is 1. The van der Waals surface area contributed by atoms with Crippen LogP contribution in [-0.2, 0) is 4.74 Å². The molecular weight excluding hydrogens is 442 g/mol. The van der Waals surface area contributed by atoms with Crippen LogP contribution in [0.3, 0.4) is 0 Å². The summed E-state index contributed by atoms with van der Waals surface area (Å²) in [6.07, 6.45) is 3.96. The van der Waals surface area contributed by atoms with Crippen LogP contribution in [0.15, 0.2) is 22.7 Å². The van der Waals surface area contributed by atoms with Crippen molar-refractivity contribution in [2.45, 2.75) is 92.2 Å². The lowest BCUT2D eigenvalue weighted by Crippen LogP contribution is -2.61. The van der Waals surface area contributed by atoms with E-state index >= 15 is 0 Å². The second-order valence-corrected chi connectivity index (χ2v) is 11.8. The predicted molar refractivity (Wildman–Crippen MR) is 127 cm³/mol. The number of piperidine rings is 1. The van der Waals surface area contributed by atoms with Gasteiger partial charge in [-0.25, -0.2) is 4.79 Å². The summed E-state index contributed by atoms with van der Waals surface area (Å²) in [5.41, 5.74) is 0.439. The normalized spacial score (nSPS) is 22.7. The van der Waals surface area contributed by atoms with E-state index < -0.39 is 5.60 Å². The zero-order valence-electron chi connectivity index (χ0n) is 20.1. The first-order valence-electron chi connectivity index (χ1n) is 11.1. The lowest BCUT2D eigenvalue weighted by molar-refractivity contribution is -0.0600. The Morgan fingerprint density at radius 2 is 1.90 bits per heavy atom. The summed E-state index contributed by atoms with van der Waals surface area (Å²) in [5, 5.41) is 0. The second-order valence-electron chi connectivity index (χ2n) is 10.9. The number of nitrogens with zero attached hydrogens (tertiary/aromatic N) is 1. The summed E-state index contributed by atoms with van der Waals surface area (Å²) in [5.74, 6) is 1.51. The molecule has 1 aliphatic rings. The van der Waals surface area contributed by atoms with E-state index in [1.165, 1.54) is 5.56 Å². The number of ether oxygens (including phenoxy) is 2. The molecule has 0 aliphatic carbocycles. The molecule has 5 heteroatoms. The summed E-state index contributed by atoms with van der Waals surface area (Å²) < 4.78 is 12.8. The van der Waals surface area contributed by atoms with E-state index in [1.54, 1.807) is 0 Å². The molecule has 0 unspecified atom stereocenters. The number of carbonyl (C=O) groups is 1. The number of carbonyl (C=O) groups excluding carboxylic acids is 1. The maximum atomic E-state index is 12.9. The van der Waals surface area contributed by atoms with E-state index in [0.717, 1.165) is 49.1 Å². The van der Waals surface area contributed by atoms with Gasteiger partial charge in [0.15, 0.2) is 0 Å². The third kappa shape index (κ3) is 6.38. The molecule has 1 aromatic carbocycles. The van der Waals surface area contributed by atoms with E-state index in [0.29, 0.717) is 5.92 Å². The molecule has 2 rings (SSSR count). The lowest BCUT2D eigenvalue weighted by Gasteiger charge is -2.54. The van der Waals surface area contributed by atoms with Gasteiger partial charge in [-0.05, 0) is 95.4 Å². The SMILES string of the molecule is Cc1cc(OCCC[C@@H]2CCN(C(=O)OC(C)(C)C)[C@@](C)(C(C)(C)C)C2)ccc1Br. The Kier molecular flexibility index (Phi) is 7.93. The highest BCUT2D eigenvalue weighted by Gasteiger charge is 2.49. The number of hydrogen-bond donors (Lipinski definition) is 0. The molecule has 1 heterocycles. The van der Waals surface area contributed by atoms with Gasteiger partial charge in [-0.3, -0.25) is 0 Å². The van der Waals surface area contributed by atoms with Gasteiger partial charge >= 0.3 is 6.09 Å². The highest BCUT2D eigenvalue weighted by molar-refractivity contribution is 9.10. The third-order valence-corrected chi connectivity index (χ3v) is 7.32. The van der Waals surface area contributed by atoms with Crippen molar-refractivity contribution < 1.29 is 14.3 Å². The van der Waals surface area contributed by atoms with Crippen LogP contribution in [0.5, 0.6) is 5.75 Å². The highest BCUT2D eigenvalue weighted by atomic mass is 79.9. The lowest BCUT2D eigenvalue weighted by atomic mass is 9.66. The summed E-state index contributed by atoms with van der Waals surface area (Å²) in [6.45, 7) is 18.2. The van der Waals surface area contributed by atoms with Crippen LogP contribution in [0.25, 0.3) is 0 Å². The van der Waals surface area contributed by atoms with E-state index in [1.807, 2.05) is 37.8 Å². The highest BCUT2D eigenvalue weighted by Crippen LogP contribution is 2.45. The number of hydrogen-bond acceptors (Lipinski definition) is 3. The molecule has 4 nitrogen and oxygen atoms in total. The minimum absolute atomic E-state index is 0.0337.